The quantitative estimate of drug-likeness (QED) is 0.743. The van der Waals surface area contributed by atoms with Crippen LogP contribution in [0.5, 0.6) is 0 Å². The van der Waals surface area contributed by atoms with Crippen LogP contribution in [0.15, 0.2) is 0 Å². The van der Waals surface area contributed by atoms with Gasteiger partial charge in [0, 0.05) is 38.2 Å². The molecule has 0 aliphatic carbocycles. The Hall–Kier alpha value is -0.200. The average Bonchev–Trinajstić information content (AvgIpc) is 2.45. The van der Waals surface area contributed by atoms with E-state index in [-0.39, 0.29) is 18.8 Å². The van der Waals surface area contributed by atoms with Crippen LogP contribution in [-0.4, -0.2) is 74.3 Å². The Balaban J connectivity index is 1.85. The summed E-state index contributed by atoms with van der Waals surface area (Å²) in [5, 5.41) is 13.0. The second-order valence-electron chi connectivity index (χ2n) is 6.15. The van der Waals surface area contributed by atoms with E-state index in [1.165, 1.54) is 6.42 Å². The van der Waals surface area contributed by atoms with Crippen molar-refractivity contribution in [2.24, 2.45) is 5.92 Å². The van der Waals surface area contributed by atoms with Gasteiger partial charge in [0.1, 0.15) is 0 Å². The molecule has 0 bridgehead atoms. The summed E-state index contributed by atoms with van der Waals surface area (Å²) in [5.41, 5.74) is 0. The summed E-state index contributed by atoms with van der Waals surface area (Å²) in [5.74, 6) is 0.542. The number of nitrogens with one attached hydrogen (secondary N) is 1. The molecule has 2 aliphatic rings. The van der Waals surface area contributed by atoms with Crippen molar-refractivity contribution < 1.29 is 14.6 Å². The van der Waals surface area contributed by atoms with Crippen molar-refractivity contribution in [1.29, 1.82) is 0 Å². The van der Waals surface area contributed by atoms with Crippen LogP contribution >= 0.6 is 0 Å². The van der Waals surface area contributed by atoms with Gasteiger partial charge >= 0.3 is 0 Å². The summed E-state index contributed by atoms with van der Waals surface area (Å²) in [7, 11) is 0. The van der Waals surface area contributed by atoms with E-state index in [0.717, 1.165) is 45.8 Å². The van der Waals surface area contributed by atoms with Crippen molar-refractivity contribution in [3.63, 3.8) is 0 Å². The van der Waals surface area contributed by atoms with Gasteiger partial charge in [0.15, 0.2) is 0 Å². The van der Waals surface area contributed by atoms with E-state index >= 15 is 0 Å². The Bertz CT molecular complexity index is 278. The molecule has 20 heavy (non-hydrogen) atoms. The first-order valence-corrected chi connectivity index (χ1v) is 8.02. The molecule has 0 aromatic rings. The van der Waals surface area contributed by atoms with Crippen molar-refractivity contribution in [3.8, 4) is 0 Å². The summed E-state index contributed by atoms with van der Waals surface area (Å²) in [6.07, 6.45) is 2.44. The Morgan fingerprint density at radius 2 is 2.20 bits per heavy atom. The molecular weight excluding hydrogens is 256 g/mol. The number of morpholine rings is 1. The minimum absolute atomic E-state index is 0.0368. The maximum absolute atomic E-state index is 9.31. The molecule has 2 saturated heterocycles. The van der Waals surface area contributed by atoms with Crippen LogP contribution in [0.4, 0.5) is 0 Å². The van der Waals surface area contributed by atoms with Gasteiger partial charge in [-0.1, -0.05) is 6.92 Å². The molecule has 2 heterocycles. The largest absolute Gasteiger partial charge is 0.394 e. The Kier molecular flexibility index (Phi) is 6.71. The zero-order chi connectivity index (χ0) is 14.4. The lowest BCUT2D eigenvalue weighted by Gasteiger charge is -2.40. The summed E-state index contributed by atoms with van der Waals surface area (Å²) in [4.78, 5) is 2.43. The van der Waals surface area contributed by atoms with E-state index in [0.29, 0.717) is 12.0 Å². The van der Waals surface area contributed by atoms with Crippen LogP contribution in [0.3, 0.4) is 0 Å². The van der Waals surface area contributed by atoms with Gasteiger partial charge in [-0.15, -0.1) is 0 Å². The number of hydrogen-bond acceptors (Lipinski definition) is 5. The van der Waals surface area contributed by atoms with Crippen LogP contribution in [0.2, 0.25) is 0 Å². The zero-order valence-electron chi connectivity index (χ0n) is 12.9. The number of aliphatic hydroxyl groups is 1. The molecule has 2 fully saturated rings. The lowest BCUT2D eigenvalue weighted by atomic mass is 9.94. The van der Waals surface area contributed by atoms with E-state index < -0.39 is 0 Å². The summed E-state index contributed by atoms with van der Waals surface area (Å²) in [6.45, 7) is 10.0. The minimum atomic E-state index is -0.0368. The third-order valence-corrected chi connectivity index (χ3v) is 4.23. The molecular formula is C15H30N2O3. The molecule has 2 rings (SSSR count). The first-order valence-electron chi connectivity index (χ1n) is 8.02. The molecule has 5 nitrogen and oxygen atoms in total. The molecule has 4 unspecified atom stereocenters. The lowest BCUT2D eigenvalue weighted by molar-refractivity contribution is -0.103. The van der Waals surface area contributed by atoms with E-state index in [9.17, 15) is 5.11 Å². The summed E-state index contributed by atoms with van der Waals surface area (Å²) in [6, 6.07) is 0.564. The predicted molar refractivity (Wildman–Crippen MR) is 78.9 cm³/mol. The minimum Gasteiger partial charge on any atom is -0.394 e. The first-order chi connectivity index (χ1) is 9.72. The predicted octanol–water partition coefficient (Wildman–Crippen LogP) is 0.473. The SMILES string of the molecule is CCCNC1CCOCC1CN1CC(C)OC(CO)C1. The molecule has 4 atom stereocenters. The number of rotatable bonds is 6. The van der Waals surface area contributed by atoms with Crippen molar-refractivity contribution in [3.05, 3.63) is 0 Å². The normalized spacial score (nSPS) is 36.1. The van der Waals surface area contributed by atoms with Crippen molar-refractivity contribution in [1.82, 2.24) is 10.2 Å². The molecule has 0 spiro atoms. The van der Waals surface area contributed by atoms with Crippen LogP contribution < -0.4 is 5.32 Å². The topological polar surface area (TPSA) is 54.0 Å². The Morgan fingerprint density at radius 1 is 1.35 bits per heavy atom. The molecule has 5 heteroatoms. The fraction of sp³-hybridized carbons (Fsp3) is 1.00. The fourth-order valence-corrected chi connectivity index (χ4v) is 3.30. The zero-order valence-corrected chi connectivity index (χ0v) is 12.9. The second kappa shape index (κ2) is 8.29. The van der Waals surface area contributed by atoms with Gasteiger partial charge in [-0.25, -0.2) is 0 Å². The average molecular weight is 286 g/mol. The highest BCUT2D eigenvalue weighted by molar-refractivity contribution is 4.85. The number of aliphatic hydroxyl groups excluding tert-OH is 1. The molecule has 0 amide bonds. The number of hydrogen-bond donors (Lipinski definition) is 2. The fourth-order valence-electron chi connectivity index (χ4n) is 3.30. The van der Waals surface area contributed by atoms with Gasteiger partial charge < -0.3 is 19.9 Å². The maximum Gasteiger partial charge on any atom is 0.0936 e. The molecule has 2 N–H and O–H groups in total. The van der Waals surface area contributed by atoms with E-state index in [4.69, 9.17) is 9.47 Å². The highest BCUT2D eigenvalue weighted by Crippen LogP contribution is 2.19. The van der Waals surface area contributed by atoms with E-state index in [1.807, 2.05) is 0 Å². The van der Waals surface area contributed by atoms with Crippen LogP contribution in [0, 0.1) is 5.92 Å². The summed E-state index contributed by atoms with van der Waals surface area (Å²) >= 11 is 0. The maximum atomic E-state index is 9.31. The monoisotopic (exact) mass is 286 g/mol. The van der Waals surface area contributed by atoms with Crippen LogP contribution in [0.25, 0.3) is 0 Å². The molecule has 2 aliphatic heterocycles. The highest BCUT2D eigenvalue weighted by Gasteiger charge is 2.31. The number of nitrogens with zero attached hydrogens (tertiary/aromatic N) is 1. The Morgan fingerprint density at radius 3 is 2.95 bits per heavy atom. The molecule has 0 aromatic heterocycles. The van der Waals surface area contributed by atoms with Gasteiger partial charge in [-0.05, 0) is 26.3 Å². The summed E-state index contributed by atoms with van der Waals surface area (Å²) < 4.78 is 11.4. The van der Waals surface area contributed by atoms with Crippen molar-refractivity contribution in [2.45, 2.75) is 44.9 Å². The molecule has 0 saturated carbocycles. The van der Waals surface area contributed by atoms with Crippen molar-refractivity contribution in [2.75, 3.05) is 46.0 Å². The second-order valence-corrected chi connectivity index (χ2v) is 6.15. The third-order valence-electron chi connectivity index (χ3n) is 4.23. The highest BCUT2D eigenvalue weighted by atomic mass is 16.5. The van der Waals surface area contributed by atoms with Gasteiger partial charge in [0.05, 0.1) is 25.4 Å². The van der Waals surface area contributed by atoms with Gasteiger partial charge in [-0.3, -0.25) is 4.90 Å². The third kappa shape index (κ3) is 4.67. The molecule has 118 valence electrons. The molecule has 0 aromatic carbocycles. The number of ether oxygens (including phenoxy) is 2. The van der Waals surface area contributed by atoms with E-state index in [1.54, 1.807) is 0 Å². The van der Waals surface area contributed by atoms with Gasteiger partial charge in [-0.2, -0.15) is 0 Å². The standard InChI is InChI=1S/C15H30N2O3/c1-3-5-16-15-4-6-19-11-13(15)8-17-7-12(2)20-14(9-17)10-18/h12-16,18H,3-11H2,1-2H3. The molecule has 0 radical (unpaired) electrons. The lowest BCUT2D eigenvalue weighted by Crippen LogP contribution is -2.53. The van der Waals surface area contributed by atoms with Crippen LogP contribution in [-0.2, 0) is 9.47 Å². The Labute approximate surface area is 122 Å². The smallest absolute Gasteiger partial charge is 0.0936 e. The van der Waals surface area contributed by atoms with E-state index in [2.05, 4.69) is 24.1 Å². The van der Waals surface area contributed by atoms with Crippen LogP contribution in [0.1, 0.15) is 26.7 Å². The van der Waals surface area contributed by atoms with Crippen molar-refractivity contribution >= 4 is 0 Å². The van der Waals surface area contributed by atoms with Gasteiger partial charge in [0.2, 0.25) is 0 Å². The van der Waals surface area contributed by atoms with Gasteiger partial charge in [0.25, 0.3) is 0 Å². The first kappa shape index (κ1) is 16.2.